The van der Waals surface area contributed by atoms with E-state index in [0.29, 0.717) is 10.0 Å². The van der Waals surface area contributed by atoms with E-state index in [1.807, 2.05) is 6.92 Å². The molecule has 0 saturated heterocycles. The Labute approximate surface area is 140 Å². The van der Waals surface area contributed by atoms with Gasteiger partial charge in [-0.2, -0.15) is 0 Å². The molecule has 2 rings (SSSR count). The van der Waals surface area contributed by atoms with E-state index in [1.54, 1.807) is 24.3 Å². The van der Waals surface area contributed by atoms with Gasteiger partial charge in [0.05, 0.1) is 10.5 Å². The number of rotatable bonds is 5. The van der Waals surface area contributed by atoms with E-state index in [2.05, 4.69) is 37.2 Å². The minimum atomic E-state index is -0.331. The lowest BCUT2D eigenvalue weighted by atomic mass is 9.98. The van der Waals surface area contributed by atoms with Gasteiger partial charge in [0.1, 0.15) is 11.6 Å². The normalized spacial score (nSPS) is 12.4. The Hall–Kier alpha value is -0.780. The number of nitrogens with one attached hydrogen (secondary N) is 1. The van der Waals surface area contributed by atoms with Crippen LogP contribution in [-0.2, 0) is 0 Å². The number of halogens is 4. The van der Waals surface area contributed by atoms with Crippen molar-refractivity contribution in [1.82, 2.24) is 5.32 Å². The number of benzene rings is 2. The first kappa shape index (κ1) is 16.6. The second-order valence-corrected chi connectivity index (χ2v) is 6.50. The van der Waals surface area contributed by atoms with Crippen LogP contribution in [0.2, 0.25) is 0 Å². The Morgan fingerprint density at radius 2 is 1.76 bits per heavy atom. The molecule has 0 bridgehead atoms. The molecule has 0 aliphatic rings. The summed E-state index contributed by atoms with van der Waals surface area (Å²) in [7, 11) is 0. The maximum Gasteiger partial charge on any atom is 0.137 e. The molecule has 5 heteroatoms. The highest BCUT2D eigenvalue weighted by Crippen LogP contribution is 2.29. The first-order valence-corrected chi connectivity index (χ1v) is 8.24. The fraction of sp³-hybridized carbons (Fsp3) is 0.250. The van der Waals surface area contributed by atoms with Crippen LogP contribution in [0, 0.1) is 11.6 Å². The molecule has 1 unspecified atom stereocenters. The zero-order chi connectivity index (χ0) is 15.4. The van der Waals surface area contributed by atoms with Crippen LogP contribution >= 0.6 is 31.9 Å². The molecule has 0 spiro atoms. The third-order valence-electron chi connectivity index (χ3n) is 3.14. The van der Waals surface area contributed by atoms with E-state index in [-0.39, 0.29) is 17.7 Å². The standard InChI is InChI=1S/C16H15Br2F2N/c1-2-7-21-16(10-3-5-15(20)13(18)8-10)12-9-11(17)4-6-14(12)19/h3-6,8-9,16,21H,2,7H2,1H3. The van der Waals surface area contributed by atoms with Crippen LogP contribution in [0.5, 0.6) is 0 Å². The Kier molecular flexibility index (Phi) is 5.90. The molecule has 1 N–H and O–H groups in total. The predicted molar refractivity (Wildman–Crippen MR) is 88.3 cm³/mol. The van der Waals surface area contributed by atoms with Gasteiger partial charge in [0, 0.05) is 10.0 Å². The van der Waals surface area contributed by atoms with Crippen molar-refractivity contribution < 1.29 is 8.78 Å². The van der Waals surface area contributed by atoms with Crippen molar-refractivity contribution in [1.29, 1.82) is 0 Å². The third kappa shape index (κ3) is 4.11. The predicted octanol–water partition coefficient (Wildman–Crippen LogP) is 5.58. The molecule has 2 aromatic carbocycles. The minimum absolute atomic E-state index is 0.285. The van der Waals surface area contributed by atoms with Crippen LogP contribution in [0.4, 0.5) is 8.78 Å². The topological polar surface area (TPSA) is 12.0 Å². The van der Waals surface area contributed by atoms with Gasteiger partial charge in [-0.3, -0.25) is 0 Å². The van der Waals surface area contributed by atoms with Crippen molar-refractivity contribution >= 4 is 31.9 Å². The zero-order valence-electron chi connectivity index (χ0n) is 11.5. The lowest BCUT2D eigenvalue weighted by Crippen LogP contribution is -2.24. The summed E-state index contributed by atoms with van der Waals surface area (Å²) >= 11 is 6.55. The number of hydrogen-bond donors (Lipinski definition) is 1. The van der Waals surface area contributed by atoms with E-state index < -0.39 is 0 Å². The van der Waals surface area contributed by atoms with Gasteiger partial charge in [-0.15, -0.1) is 0 Å². The first-order valence-electron chi connectivity index (χ1n) is 6.66. The van der Waals surface area contributed by atoms with Gasteiger partial charge in [-0.1, -0.05) is 28.9 Å². The Morgan fingerprint density at radius 1 is 1.05 bits per heavy atom. The summed E-state index contributed by atoms with van der Waals surface area (Å²) in [4.78, 5) is 0. The highest BCUT2D eigenvalue weighted by Gasteiger charge is 2.18. The van der Waals surface area contributed by atoms with Crippen molar-refractivity contribution in [2.45, 2.75) is 19.4 Å². The molecule has 0 aliphatic carbocycles. The van der Waals surface area contributed by atoms with Gasteiger partial charge in [0.15, 0.2) is 0 Å². The van der Waals surface area contributed by atoms with E-state index in [4.69, 9.17) is 0 Å². The molecule has 0 heterocycles. The third-order valence-corrected chi connectivity index (χ3v) is 4.25. The summed E-state index contributed by atoms with van der Waals surface area (Å²) in [5, 5.41) is 3.31. The van der Waals surface area contributed by atoms with Crippen LogP contribution in [0.1, 0.15) is 30.5 Å². The Morgan fingerprint density at radius 3 is 2.43 bits per heavy atom. The van der Waals surface area contributed by atoms with Crippen molar-refractivity contribution in [3.05, 3.63) is 68.1 Å². The Bertz CT molecular complexity index is 632. The fourth-order valence-electron chi connectivity index (χ4n) is 2.12. The molecular formula is C16H15Br2F2N. The summed E-state index contributed by atoms with van der Waals surface area (Å²) in [6, 6.07) is 9.26. The van der Waals surface area contributed by atoms with Crippen LogP contribution in [0.3, 0.4) is 0 Å². The molecule has 0 radical (unpaired) electrons. The van der Waals surface area contributed by atoms with Gasteiger partial charge in [0.2, 0.25) is 0 Å². The van der Waals surface area contributed by atoms with Crippen LogP contribution < -0.4 is 5.32 Å². The average molecular weight is 419 g/mol. The first-order chi connectivity index (χ1) is 10.0. The summed E-state index contributed by atoms with van der Waals surface area (Å²) in [5.41, 5.74) is 1.35. The van der Waals surface area contributed by atoms with Crippen LogP contribution in [0.15, 0.2) is 45.3 Å². The van der Waals surface area contributed by atoms with Crippen LogP contribution in [-0.4, -0.2) is 6.54 Å². The lowest BCUT2D eigenvalue weighted by molar-refractivity contribution is 0.544. The van der Waals surface area contributed by atoms with E-state index >= 15 is 0 Å². The second-order valence-electron chi connectivity index (χ2n) is 4.73. The van der Waals surface area contributed by atoms with Gasteiger partial charge < -0.3 is 5.32 Å². The molecule has 112 valence electrons. The fourth-order valence-corrected chi connectivity index (χ4v) is 2.90. The molecule has 1 atom stereocenters. The van der Waals surface area contributed by atoms with Crippen molar-refractivity contribution in [2.24, 2.45) is 0 Å². The second kappa shape index (κ2) is 7.47. The van der Waals surface area contributed by atoms with Gasteiger partial charge >= 0.3 is 0 Å². The maximum absolute atomic E-state index is 14.2. The summed E-state index contributed by atoms with van der Waals surface area (Å²) in [5.74, 6) is -0.616. The van der Waals surface area contributed by atoms with Gasteiger partial charge in [-0.05, 0) is 64.8 Å². The Balaban J connectivity index is 2.46. The van der Waals surface area contributed by atoms with Crippen molar-refractivity contribution in [3.63, 3.8) is 0 Å². The minimum Gasteiger partial charge on any atom is -0.306 e. The molecular weight excluding hydrogens is 404 g/mol. The molecule has 0 fully saturated rings. The van der Waals surface area contributed by atoms with Gasteiger partial charge in [0.25, 0.3) is 0 Å². The molecule has 0 aliphatic heterocycles. The number of hydrogen-bond acceptors (Lipinski definition) is 1. The van der Waals surface area contributed by atoms with Crippen molar-refractivity contribution in [2.75, 3.05) is 6.54 Å². The molecule has 0 aromatic heterocycles. The molecule has 21 heavy (non-hydrogen) atoms. The molecule has 0 saturated carbocycles. The summed E-state index contributed by atoms with van der Waals surface area (Å²) in [6.07, 6.45) is 0.925. The van der Waals surface area contributed by atoms with E-state index in [0.717, 1.165) is 23.0 Å². The summed E-state index contributed by atoms with van der Waals surface area (Å²) < 4.78 is 28.8. The molecule has 2 aromatic rings. The maximum atomic E-state index is 14.2. The smallest absolute Gasteiger partial charge is 0.137 e. The summed E-state index contributed by atoms with van der Waals surface area (Å²) in [6.45, 7) is 2.79. The average Bonchev–Trinajstić information content (AvgIpc) is 2.46. The lowest BCUT2D eigenvalue weighted by Gasteiger charge is -2.21. The highest BCUT2D eigenvalue weighted by atomic mass is 79.9. The highest BCUT2D eigenvalue weighted by molar-refractivity contribution is 9.10. The molecule has 0 amide bonds. The largest absolute Gasteiger partial charge is 0.306 e. The van der Waals surface area contributed by atoms with E-state index in [9.17, 15) is 8.78 Å². The van der Waals surface area contributed by atoms with Gasteiger partial charge in [-0.25, -0.2) is 8.78 Å². The van der Waals surface area contributed by atoms with Crippen molar-refractivity contribution in [3.8, 4) is 0 Å². The SMILES string of the molecule is CCCNC(c1ccc(F)c(Br)c1)c1cc(Br)ccc1F. The van der Waals surface area contributed by atoms with E-state index in [1.165, 1.54) is 12.1 Å². The quantitative estimate of drug-likeness (QED) is 0.668. The molecule has 1 nitrogen and oxygen atoms in total. The van der Waals surface area contributed by atoms with Crippen LogP contribution in [0.25, 0.3) is 0 Å². The zero-order valence-corrected chi connectivity index (χ0v) is 14.6. The monoisotopic (exact) mass is 417 g/mol.